The maximum atomic E-state index is 13.9. The highest BCUT2D eigenvalue weighted by Crippen LogP contribution is 2.25. The quantitative estimate of drug-likeness (QED) is 0.638. The molecule has 1 atom stereocenters. The smallest absolute Gasteiger partial charge is 0.315 e. The number of nitrogens with one attached hydrogen (secondary N) is 2. The van der Waals surface area contributed by atoms with Gasteiger partial charge in [0.1, 0.15) is 5.82 Å². The molecule has 0 radical (unpaired) electrons. The Hall–Kier alpha value is -2.64. The van der Waals surface area contributed by atoms with Gasteiger partial charge >= 0.3 is 12.0 Å². The maximum absolute atomic E-state index is 13.9. The first kappa shape index (κ1) is 22.6. The number of hydrogen-bond acceptors (Lipinski definition) is 4. The lowest BCUT2D eigenvalue weighted by Gasteiger charge is -2.20. The Morgan fingerprint density at radius 1 is 1.21 bits per heavy atom. The molecular formula is C21H25ClFN3O3. The molecule has 8 heteroatoms. The topological polar surface area (TPSA) is 70.7 Å². The van der Waals surface area contributed by atoms with Crippen molar-refractivity contribution < 1.29 is 18.7 Å². The Morgan fingerprint density at radius 3 is 2.59 bits per heavy atom. The number of carbonyl (C=O) groups excluding carboxylic acids is 2. The van der Waals surface area contributed by atoms with E-state index >= 15 is 0 Å². The minimum absolute atomic E-state index is 0.0583. The molecule has 0 fully saturated rings. The highest BCUT2D eigenvalue weighted by Gasteiger charge is 2.21. The van der Waals surface area contributed by atoms with Crippen molar-refractivity contribution in [2.24, 2.45) is 0 Å². The molecule has 1 unspecified atom stereocenters. The van der Waals surface area contributed by atoms with Crippen LogP contribution in [0.4, 0.5) is 9.18 Å². The number of amides is 2. The first-order valence-electron chi connectivity index (χ1n) is 9.07. The van der Waals surface area contributed by atoms with Crippen LogP contribution in [0.3, 0.4) is 0 Å². The van der Waals surface area contributed by atoms with Gasteiger partial charge in [-0.3, -0.25) is 4.79 Å². The van der Waals surface area contributed by atoms with Gasteiger partial charge in [0, 0.05) is 23.7 Å². The van der Waals surface area contributed by atoms with E-state index in [1.165, 1.54) is 13.2 Å². The summed E-state index contributed by atoms with van der Waals surface area (Å²) in [5, 5.41) is 5.92. The second-order valence-electron chi connectivity index (χ2n) is 6.84. The summed E-state index contributed by atoms with van der Waals surface area (Å²) in [6.45, 7) is 0.666. The van der Waals surface area contributed by atoms with Crippen molar-refractivity contribution in [1.82, 2.24) is 15.5 Å². The fourth-order valence-corrected chi connectivity index (χ4v) is 3.11. The first-order valence-corrected chi connectivity index (χ1v) is 9.45. The van der Waals surface area contributed by atoms with E-state index in [4.69, 9.17) is 16.3 Å². The second-order valence-corrected chi connectivity index (χ2v) is 7.25. The molecule has 6 nitrogen and oxygen atoms in total. The van der Waals surface area contributed by atoms with Gasteiger partial charge in [0.05, 0.1) is 19.6 Å². The van der Waals surface area contributed by atoms with Crippen LogP contribution in [0.2, 0.25) is 5.02 Å². The van der Waals surface area contributed by atoms with Crippen molar-refractivity contribution in [3.8, 4) is 0 Å². The third-order valence-corrected chi connectivity index (χ3v) is 4.58. The number of ether oxygens (including phenoxy) is 1. The highest BCUT2D eigenvalue weighted by atomic mass is 35.5. The third-order valence-electron chi connectivity index (χ3n) is 4.23. The van der Waals surface area contributed by atoms with Crippen LogP contribution in [0.25, 0.3) is 0 Å². The molecule has 2 aromatic carbocycles. The zero-order chi connectivity index (χ0) is 21.4. The van der Waals surface area contributed by atoms with Crippen molar-refractivity contribution in [3.05, 3.63) is 70.0 Å². The number of esters is 1. The lowest BCUT2D eigenvalue weighted by Crippen LogP contribution is -2.38. The van der Waals surface area contributed by atoms with Crippen LogP contribution in [0.1, 0.15) is 29.2 Å². The second kappa shape index (κ2) is 10.8. The van der Waals surface area contributed by atoms with Gasteiger partial charge in [-0.15, -0.1) is 0 Å². The molecule has 156 valence electrons. The number of hydrogen-bond donors (Lipinski definition) is 2. The minimum atomic E-state index is -0.645. The number of urea groups is 1. The Bertz CT molecular complexity index is 861. The molecule has 0 saturated heterocycles. The van der Waals surface area contributed by atoms with Crippen LogP contribution in [-0.2, 0) is 22.6 Å². The van der Waals surface area contributed by atoms with Gasteiger partial charge < -0.3 is 20.3 Å². The summed E-state index contributed by atoms with van der Waals surface area (Å²) < 4.78 is 18.6. The van der Waals surface area contributed by atoms with Gasteiger partial charge in [-0.2, -0.15) is 0 Å². The molecule has 2 N–H and O–H groups in total. The number of rotatable bonds is 8. The van der Waals surface area contributed by atoms with Crippen LogP contribution >= 0.6 is 11.6 Å². The molecule has 0 aromatic heterocycles. The average Bonchev–Trinajstić information content (AvgIpc) is 2.68. The predicted molar refractivity (Wildman–Crippen MR) is 110 cm³/mol. The summed E-state index contributed by atoms with van der Waals surface area (Å²) in [5.74, 6) is -0.758. The van der Waals surface area contributed by atoms with Crippen LogP contribution in [0.5, 0.6) is 0 Å². The molecule has 0 heterocycles. The van der Waals surface area contributed by atoms with Gasteiger partial charge in [-0.25, -0.2) is 9.18 Å². The van der Waals surface area contributed by atoms with Gasteiger partial charge in [-0.05, 0) is 43.4 Å². The molecule has 0 bridgehead atoms. The number of halogens is 2. The standard InChI is InChI=1S/C21H25ClFN3O3/c1-26(2)13-15-10-14(8-9-18(15)23)12-24-21(28)25-19(11-20(27)29-3)16-6-4-5-7-17(16)22/h4-10,19H,11-13H2,1-3H3,(H2,24,25,28). The van der Waals surface area contributed by atoms with Crippen LogP contribution in [0.15, 0.2) is 42.5 Å². The average molecular weight is 422 g/mol. The van der Waals surface area contributed by atoms with Crippen molar-refractivity contribution in [1.29, 1.82) is 0 Å². The SMILES string of the molecule is COC(=O)CC(NC(=O)NCc1ccc(F)c(CN(C)C)c1)c1ccccc1Cl. The number of nitrogens with zero attached hydrogens (tertiary/aromatic N) is 1. The van der Waals surface area contributed by atoms with Gasteiger partial charge in [0.15, 0.2) is 0 Å². The zero-order valence-corrected chi connectivity index (χ0v) is 17.4. The molecule has 2 aromatic rings. The highest BCUT2D eigenvalue weighted by molar-refractivity contribution is 6.31. The lowest BCUT2D eigenvalue weighted by atomic mass is 10.0. The van der Waals surface area contributed by atoms with Crippen LogP contribution in [-0.4, -0.2) is 38.1 Å². The number of benzene rings is 2. The van der Waals surface area contributed by atoms with Crippen molar-refractivity contribution >= 4 is 23.6 Å². The van der Waals surface area contributed by atoms with E-state index < -0.39 is 18.0 Å². The summed E-state index contributed by atoms with van der Waals surface area (Å²) >= 11 is 6.21. The summed E-state index contributed by atoms with van der Waals surface area (Å²) in [5.41, 5.74) is 1.93. The van der Waals surface area contributed by atoms with Gasteiger partial charge in [0.2, 0.25) is 0 Å². The van der Waals surface area contributed by atoms with Gasteiger partial charge in [0.25, 0.3) is 0 Å². The van der Waals surface area contributed by atoms with E-state index in [2.05, 4.69) is 10.6 Å². The molecule has 2 rings (SSSR count). The fraction of sp³-hybridized carbons (Fsp3) is 0.333. The Labute approximate surface area is 175 Å². The van der Waals surface area contributed by atoms with E-state index in [-0.39, 0.29) is 18.8 Å². The van der Waals surface area contributed by atoms with Crippen LogP contribution < -0.4 is 10.6 Å². The normalized spacial score (nSPS) is 11.8. The number of methoxy groups -OCH3 is 1. The lowest BCUT2D eigenvalue weighted by molar-refractivity contribution is -0.141. The first-order chi connectivity index (χ1) is 13.8. The van der Waals surface area contributed by atoms with E-state index in [0.717, 1.165) is 5.56 Å². The molecule has 2 amide bonds. The van der Waals surface area contributed by atoms with Crippen molar-refractivity contribution in [2.75, 3.05) is 21.2 Å². The van der Waals surface area contributed by atoms with Crippen molar-refractivity contribution in [3.63, 3.8) is 0 Å². The van der Waals surface area contributed by atoms with E-state index in [0.29, 0.717) is 22.7 Å². The minimum Gasteiger partial charge on any atom is -0.469 e. The molecule has 0 spiro atoms. The summed E-state index contributed by atoms with van der Waals surface area (Å²) in [6, 6.07) is 10.6. The molecular weight excluding hydrogens is 397 g/mol. The third kappa shape index (κ3) is 7.03. The number of carbonyl (C=O) groups is 2. The molecule has 0 saturated carbocycles. The summed E-state index contributed by atoms with van der Waals surface area (Å²) in [4.78, 5) is 26.0. The van der Waals surface area contributed by atoms with Gasteiger partial charge in [-0.1, -0.05) is 35.9 Å². The largest absolute Gasteiger partial charge is 0.469 e. The van der Waals surface area contributed by atoms with Crippen LogP contribution in [0, 0.1) is 5.82 Å². The Morgan fingerprint density at radius 2 is 1.93 bits per heavy atom. The van der Waals surface area contributed by atoms with E-state index in [1.807, 2.05) is 19.0 Å². The van der Waals surface area contributed by atoms with E-state index in [9.17, 15) is 14.0 Å². The van der Waals surface area contributed by atoms with E-state index in [1.54, 1.807) is 36.4 Å². The predicted octanol–water partition coefficient (Wildman–Crippen LogP) is 3.64. The Balaban J connectivity index is 2.05. The molecule has 0 aliphatic carbocycles. The summed E-state index contributed by atoms with van der Waals surface area (Å²) in [6.07, 6.45) is -0.0583. The monoisotopic (exact) mass is 421 g/mol. The molecule has 0 aliphatic rings. The Kier molecular flexibility index (Phi) is 8.42. The molecule has 29 heavy (non-hydrogen) atoms. The fourth-order valence-electron chi connectivity index (χ4n) is 2.84. The zero-order valence-electron chi connectivity index (χ0n) is 16.7. The summed E-state index contributed by atoms with van der Waals surface area (Å²) in [7, 11) is 4.99. The maximum Gasteiger partial charge on any atom is 0.315 e. The van der Waals surface area contributed by atoms with Crippen molar-refractivity contribution in [2.45, 2.75) is 25.6 Å². The molecule has 0 aliphatic heterocycles.